The minimum Gasteiger partial charge on any atom is -0.300 e. The van der Waals surface area contributed by atoms with E-state index in [1.54, 1.807) is 24.8 Å². The number of carbonyl (C=O) groups excluding carboxylic acids is 2. The van der Waals surface area contributed by atoms with Gasteiger partial charge >= 0.3 is 0 Å². The van der Waals surface area contributed by atoms with Crippen LogP contribution < -0.4 is 10.6 Å². The highest BCUT2D eigenvalue weighted by molar-refractivity contribution is 7.15. The van der Waals surface area contributed by atoms with E-state index in [2.05, 4.69) is 41.0 Å². The molecule has 1 aliphatic carbocycles. The van der Waals surface area contributed by atoms with E-state index in [0.717, 1.165) is 46.8 Å². The van der Waals surface area contributed by atoms with Crippen LogP contribution in [0.4, 0.5) is 10.3 Å². The molecular weight excluding hydrogens is 508 g/mol. The smallest absolute Gasteiger partial charge is 0.233 e. The first-order valence-electron chi connectivity index (χ1n) is 12.1. The molecular formula is C25H26N8O2S2. The molecule has 1 fully saturated rings. The maximum absolute atomic E-state index is 12.6. The van der Waals surface area contributed by atoms with Crippen molar-refractivity contribution in [1.29, 1.82) is 0 Å². The number of rotatable bonds is 9. The van der Waals surface area contributed by atoms with Crippen molar-refractivity contribution in [1.82, 2.24) is 30.4 Å². The normalized spacial score (nSPS) is 17.9. The van der Waals surface area contributed by atoms with Crippen molar-refractivity contribution in [2.24, 2.45) is 5.92 Å². The molecule has 1 aliphatic rings. The molecule has 2 amide bonds. The van der Waals surface area contributed by atoms with Crippen molar-refractivity contribution in [2.45, 2.75) is 50.9 Å². The van der Waals surface area contributed by atoms with Crippen LogP contribution in [0.1, 0.15) is 59.2 Å². The van der Waals surface area contributed by atoms with Gasteiger partial charge in [-0.05, 0) is 55.4 Å². The monoisotopic (exact) mass is 534 g/mol. The summed E-state index contributed by atoms with van der Waals surface area (Å²) in [7, 11) is 0. The Kier molecular flexibility index (Phi) is 7.85. The lowest BCUT2D eigenvalue weighted by Gasteiger charge is -2.10. The topological polar surface area (TPSA) is 136 Å². The van der Waals surface area contributed by atoms with Crippen LogP contribution in [0, 0.1) is 5.92 Å². The van der Waals surface area contributed by atoms with Crippen LogP contribution in [0.15, 0.2) is 49.1 Å². The predicted octanol–water partition coefficient (Wildman–Crippen LogP) is 4.23. The predicted molar refractivity (Wildman–Crippen MR) is 141 cm³/mol. The molecule has 10 nitrogen and oxygen atoms in total. The van der Waals surface area contributed by atoms with Crippen molar-refractivity contribution >= 4 is 44.8 Å². The SMILES string of the molecule is C[C@@H](C(=O)Nc1nnc([C@@H]2CC[C@H](Cc3nnc(NC(=O)Cc4cccnc4)s3)C2)s1)c1cccnc1. The van der Waals surface area contributed by atoms with Crippen LogP contribution in [-0.4, -0.2) is 42.2 Å². The maximum Gasteiger partial charge on any atom is 0.233 e. The minimum atomic E-state index is -0.325. The van der Waals surface area contributed by atoms with E-state index in [-0.39, 0.29) is 24.2 Å². The Morgan fingerprint density at radius 2 is 1.76 bits per heavy atom. The molecule has 0 spiro atoms. The summed E-state index contributed by atoms with van der Waals surface area (Å²) in [6.07, 6.45) is 10.9. The van der Waals surface area contributed by atoms with Crippen molar-refractivity contribution in [3.8, 4) is 0 Å². The summed E-state index contributed by atoms with van der Waals surface area (Å²) in [5.74, 6) is 0.193. The zero-order valence-corrected chi connectivity index (χ0v) is 21.8. The van der Waals surface area contributed by atoms with Crippen molar-refractivity contribution < 1.29 is 9.59 Å². The molecule has 0 aromatic carbocycles. The highest BCUT2D eigenvalue weighted by Crippen LogP contribution is 2.41. The van der Waals surface area contributed by atoms with Gasteiger partial charge in [0.1, 0.15) is 10.0 Å². The zero-order chi connectivity index (χ0) is 25.6. The summed E-state index contributed by atoms with van der Waals surface area (Å²) in [6, 6.07) is 7.38. The first-order valence-corrected chi connectivity index (χ1v) is 13.7. The molecule has 190 valence electrons. The Morgan fingerprint density at radius 1 is 0.973 bits per heavy atom. The van der Waals surface area contributed by atoms with E-state index in [0.29, 0.717) is 22.1 Å². The second-order valence-corrected chi connectivity index (χ2v) is 11.2. The number of carbonyl (C=O) groups is 2. The quantitative estimate of drug-likeness (QED) is 0.326. The minimum absolute atomic E-state index is 0.125. The number of nitrogens with one attached hydrogen (secondary N) is 2. The lowest BCUT2D eigenvalue weighted by molar-refractivity contribution is -0.117. The number of hydrogen-bond acceptors (Lipinski definition) is 10. The van der Waals surface area contributed by atoms with Gasteiger partial charge in [-0.25, -0.2) is 0 Å². The Hall–Kier alpha value is -3.64. The number of anilines is 2. The standard InChI is InChI=1S/C25H26N8O2S2/c1-15(19-5-3-9-27-14-19)22(35)29-25-33-31-23(37-25)18-7-6-16(10-18)12-21-30-32-24(36-21)28-20(34)11-17-4-2-8-26-13-17/h2-5,8-9,13-16,18H,6-7,10-12H2,1H3,(H,28,32,34)(H,29,33,35)/t15-,16+,18-/m1/s1. The van der Waals surface area contributed by atoms with Gasteiger partial charge in [-0.3, -0.25) is 19.6 Å². The second kappa shape index (κ2) is 11.6. The fourth-order valence-electron chi connectivity index (χ4n) is 4.42. The third-order valence-electron chi connectivity index (χ3n) is 6.40. The Bertz CT molecular complexity index is 1350. The van der Waals surface area contributed by atoms with Crippen LogP contribution >= 0.6 is 22.7 Å². The van der Waals surface area contributed by atoms with Crippen LogP contribution in [0.5, 0.6) is 0 Å². The largest absolute Gasteiger partial charge is 0.300 e. The summed E-state index contributed by atoms with van der Waals surface area (Å²) in [5, 5.41) is 25.6. The van der Waals surface area contributed by atoms with Gasteiger partial charge in [0, 0.05) is 37.1 Å². The van der Waals surface area contributed by atoms with Gasteiger partial charge in [-0.1, -0.05) is 34.8 Å². The van der Waals surface area contributed by atoms with Gasteiger partial charge < -0.3 is 10.6 Å². The Morgan fingerprint density at radius 3 is 2.54 bits per heavy atom. The molecule has 12 heteroatoms. The first kappa shape index (κ1) is 25.0. The van der Waals surface area contributed by atoms with E-state index >= 15 is 0 Å². The summed E-state index contributed by atoms with van der Waals surface area (Å²) in [4.78, 5) is 33.0. The van der Waals surface area contributed by atoms with Gasteiger partial charge in [0.2, 0.25) is 22.1 Å². The molecule has 0 bridgehead atoms. The zero-order valence-electron chi connectivity index (χ0n) is 20.2. The molecule has 4 heterocycles. The fourth-order valence-corrected chi connectivity index (χ4v) is 6.18. The van der Waals surface area contributed by atoms with Gasteiger partial charge in [0.15, 0.2) is 0 Å². The summed E-state index contributed by atoms with van der Waals surface area (Å²) < 4.78 is 0. The van der Waals surface area contributed by atoms with E-state index in [1.165, 1.54) is 22.7 Å². The maximum atomic E-state index is 12.6. The highest BCUT2D eigenvalue weighted by Gasteiger charge is 2.30. The molecule has 5 rings (SSSR count). The van der Waals surface area contributed by atoms with E-state index in [1.807, 2.05) is 31.2 Å². The van der Waals surface area contributed by atoms with Gasteiger partial charge in [-0.2, -0.15) is 0 Å². The van der Waals surface area contributed by atoms with Crippen LogP contribution in [-0.2, 0) is 22.4 Å². The Labute approximate surface area is 222 Å². The molecule has 3 atom stereocenters. The summed E-state index contributed by atoms with van der Waals surface area (Å²) in [5.41, 5.74) is 1.71. The van der Waals surface area contributed by atoms with Crippen LogP contribution in [0.3, 0.4) is 0 Å². The third-order valence-corrected chi connectivity index (χ3v) is 8.27. The number of aromatic nitrogens is 6. The van der Waals surface area contributed by atoms with Crippen LogP contribution in [0.2, 0.25) is 0 Å². The average molecular weight is 535 g/mol. The average Bonchev–Trinajstić information content (AvgIpc) is 3.67. The molecule has 2 N–H and O–H groups in total. The third kappa shape index (κ3) is 6.57. The molecule has 0 unspecified atom stereocenters. The molecule has 4 aromatic rings. The lowest BCUT2D eigenvalue weighted by Crippen LogP contribution is -2.18. The molecule has 0 aliphatic heterocycles. The van der Waals surface area contributed by atoms with Gasteiger partial charge in [0.25, 0.3) is 0 Å². The second-order valence-electron chi connectivity index (χ2n) is 9.11. The van der Waals surface area contributed by atoms with E-state index < -0.39 is 0 Å². The molecule has 37 heavy (non-hydrogen) atoms. The van der Waals surface area contributed by atoms with Gasteiger partial charge in [0.05, 0.1) is 12.3 Å². The van der Waals surface area contributed by atoms with Crippen molar-refractivity contribution in [3.05, 3.63) is 70.2 Å². The fraction of sp³-hybridized carbons (Fsp3) is 0.360. The summed E-state index contributed by atoms with van der Waals surface area (Å²) >= 11 is 2.86. The van der Waals surface area contributed by atoms with E-state index in [9.17, 15) is 9.59 Å². The molecule has 4 aromatic heterocycles. The van der Waals surface area contributed by atoms with Crippen LogP contribution in [0.25, 0.3) is 0 Å². The van der Waals surface area contributed by atoms with Crippen molar-refractivity contribution in [2.75, 3.05) is 10.6 Å². The highest BCUT2D eigenvalue weighted by atomic mass is 32.1. The molecule has 1 saturated carbocycles. The number of hydrogen-bond donors (Lipinski definition) is 2. The lowest BCUT2D eigenvalue weighted by atomic mass is 10.0. The first-order chi connectivity index (χ1) is 18.0. The Balaban J connectivity index is 1.10. The number of amides is 2. The molecule has 0 saturated heterocycles. The van der Waals surface area contributed by atoms with Gasteiger partial charge in [-0.15, -0.1) is 20.4 Å². The number of nitrogens with zero attached hydrogens (tertiary/aromatic N) is 6. The number of pyridine rings is 2. The summed E-state index contributed by atoms with van der Waals surface area (Å²) in [6.45, 7) is 1.85. The van der Waals surface area contributed by atoms with Crippen molar-refractivity contribution in [3.63, 3.8) is 0 Å². The van der Waals surface area contributed by atoms with E-state index in [4.69, 9.17) is 0 Å². The molecule has 0 radical (unpaired) electrons.